The molecule has 30 heavy (non-hydrogen) atoms. The number of carbonyl (C=O) groups is 1. The summed E-state index contributed by atoms with van der Waals surface area (Å²) in [5.41, 5.74) is 0. The fourth-order valence-corrected chi connectivity index (χ4v) is 1.98. The van der Waals surface area contributed by atoms with Crippen LogP contribution in [0.1, 0.15) is 27.2 Å². The molecule has 0 atom stereocenters. The molecule has 0 heterocycles. The monoisotopic (exact) mass is 438 g/mol. The predicted octanol–water partition coefficient (Wildman–Crippen LogP) is 1.71. The normalized spacial score (nSPS) is 11.3. The molecular weight excluding hydrogens is 396 g/mol. The van der Waals surface area contributed by atoms with Crippen molar-refractivity contribution in [2.24, 2.45) is 5.92 Å². The Morgan fingerprint density at radius 2 is 0.767 bits per heavy atom. The highest BCUT2D eigenvalue weighted by molar-refractivity contribution is 5.65. The number of ether oxygens (including phenoxy) is 8. The van der Waals surface area contributed by atoms with Gasteiger partial charge in [-0.15, -0.1) is 0 Å². The molecule has 9 nitrogen and oxygen atoms in total. The van der Waals surface area contributed by atoms with Gasteiger partial charge in [0.1, 0.15) is 6.61 Å². The fraction of sp³-hybridized carbons (Fsp3) is 0.952. The van der Waals surface area contributed by atoms with Crippen LogP contribution < -0.4 is 0 Å². The summed E-state index contributed by atoms with van der Waals surface area (Å²) in [6, 6.07) is 0. The topological polar surface area (TPSA) is 90.9 Å². The summed E-state index contributed by atoms with van der Waals surface area (Å²) in [5.74, 6) is 0.368. The number of hydrogen-bond donors (Lipinski definition) is 0. The van der Waals surface area contributed by atoms with Gasteiger partial charge in [-0.2, -0.15) is 0 Å². The van der Waals surface area contributed by atoms with Crippen LogP contribution in [0.4, 0.5) is 0 Å². The summed E-state index contributed by atoms with van der Waals surface area (Å²) in [7, 11) is 0. The molecule has 0 aromatic carbocycles. The Labute approximate surface area is 181 Å². The van der Waals surface area contributed by atoms with E-state index in [0.717, 1.165) is 13.0 Å². The van der Waals surface area contributed by atoms with Crippen molar-refractivity contribution >= 4 is 5.97 Å². The van der Waals surface area contributed by atoms with E-state index in [0.29, 0.717) is 91.8 Å². The van der Waals surface area contributed by atoms with Crippen LogP contribution in [0.25, 0.3) is 0 Å². The van der Waals surface area contributed by atoms with Gasteiger partial charge in [-0.05, 0) is 12.3 Å². The first-order valence-corrected chi connectivity index (χ1v) is 10.8. The van der Waals surface area contributed by atoms with Gasteiger partial charge in [-0.3, -0.25) is 4.79 Å². The summed E-state index contributed by atoms with van der Waals surface area (Å²) < 4.78 is 42.5. The van der Waals surface area contributed by atoms with E-state index >= 15 is 0 Å². The highest BCUT2D eigenvalue weighted by Crippen LogP contribution is 1.98. The van der Waals surface area contributed by atoms with Gasteiger partial charge >= 0.3 is 5.97 Å². The smallest absolute Gasteiger partial charge is 0.302 e. The zero-order valence-corrected chi connectivity index (χ0v) is 19.1. The molecule has 0 saturated carbocycles. The van der Waals surface area contributed by atoms with Crippen LogP contribution in [0.15, 0.2) is 0 Å². The third kappa shape index (κ3) is 27.2. The maximum Gasteiger partial charge on any atom is 0.302 e. The van der Waals surface area contributed by atoms with E-state index in [1.807, 2.05) is 0 Å². The Morgan fingerprint density at radius 3 is 1.03 bits per heavy atom. The van der Waals surface area contributed by atoms with Crippen LogP contribution in [0.3, 0.4) is 0 Å². The van der Waals surface area contributed by atoms with E-state index < -0.39 is 0 Å². The standard InChI is InChI=1S/C21H42O9/c1-20(2)4-5-23-6-7-24-8-9-25-10-11-26-12-13-27-14-15-28-16-17-29-18-19-30-21(3)22/h20H,4-19H2,1-3H3. The summed E-state index contributed by atoms with van der Waals surface area (Å²) in [6.07, 6.45) is 1.08. The second kappa shape index (κ2) is 24.5. The highest BCUT2D eigenvalue weighted by Gasteiger charge is 1.96. The molecule has 0 amide bonds. The number of esters is 1. The van der Waals surface area contributed by atoms with Crippen molar-refractivity contribution in [1.82, 2.24) is 0 Å². The Hall–Kier alpha value is -0.810. The van der Waals surface area contributed by atoms with Crippen LogP contribution in [-0.4, -0.2) is 105 Å². The lowest BCUT2D eigenvalue weighted by Crippen LogP contribution is -2.15. The van der Waals surface area contributed by atoms with Crippen molar-refractivity contribution in [3.63, 3.8) is 0 Å². The Morgan fingerprint density at radius 1 is 0.500 bits per heavy atom. The molecule has 0 bridgehead atoms. The molecule has 0 unspecified atom stereocenters. The van der Waals surface area contributed by atoms with Crippen LogP contribution in [-0.2, 0) is 42.7 Å². The van der Waals surface area contributed by atoms with E-state index in [-0.39, 0.29) is 12.6 Å². The number of carbonyl (C=O) groups excluding carboxylic acids is 1. The lowest BCUT2D eigenvalue weighted by atomic mass is 10.1. The van der Waals surface area contributed by atoms with E-state index in [2.05, 4.69) is 13.8 Å². The Bertz CT molecular complexity index is 353. The molecule has 0 radical (unpaired) electrons. The van der Waals surface area contributed by atoms with Crippen LogP contribution in [0.5, 0.6) is 0 Å². The summed E-state index contributed by atoms with van der Waals surface area (Å²) in [5, 5.41) is 0. The molecule has 0 N–H and O–H groups in total. The van der Waals surface area contributed by atoms with Crippen molar-refractivity contribution in [2.75, 3.05) is 99.1 Å². The largest absolute Gasteiger partial charge is 0.463 e. The molecule has 0 spiro atoms. The van der Waals surface area contributed by atoms with Crippen molar-refractivity contribution in [3.05, 3.63) is 0 Å². The lowest BCUT2D eigenvalue weighted by Gasteiger charge is -2.09. The third-order valence-electron chi connectivity index (χ3n) is 3.60. The van der Waals surface area contributed by atoms with Crippen LogP contribution in [0.2, 0.25) is 0 Å². The number of rotatable bonds is 24. The molecule has 0 aromatic heterocycles. The molecule has 0 aromatic rings. The minimum absolute atomic E-state index is 0.269. The zero-order chi connectivity index (χ0) is 22.1. The third-order valence-corrected chi connectivity index (χ3v) is 3.60. The molecule has 0 fully saturated rings. The van der Waals surface area contributed by atoms with Gasteiger partial charge in [0, 0.05) is 13.5 Å². The molecule has 0 aliphatic heterocycles. The summed E-state index contributed by atoms with van der Waals surface area (Å²) in [6.45, 7) is 13.6. The first-order chi connectivity index (χ1) is 14.6. The summed E-state index contributed by atoms with van der Waals surface area (Å²) >= 11 is 0. The summed E-state index contributed by atoms with van der Waals surface area (Å²) in [4.78, 5) is 10.5. The minimum Gasteiger partial charge on any atom is -0.463 e. The van der Waals surface area contributed by atoms with Crippen molar-refractivity contribution in [3.8, 4) is 0 Å². The average molecular weight is 439 g/mol. The fourth-order valence-electron chi connectivity index (χ4n) is 1.98. The highest BCUT2D eigenvalue weighted by atomic mass is 16.6. The van der Waals surface area contributed by atoms with Gasteiger partial charge < -0.3 is 37.9 Å². The molecule has 0 aliphatic rings. The van der Waals surface area contributed by atoms with Gasteiger partial charge in [0.05, 0.1) is 85.9 Å². The predicted molar refractivity (Wildman–Crippen MR) is 112 cm³/mol. The molecule has 0 aliphatic carbocycles. The van der Waals surface area contributed by atoms with E-state index in [1.54, 1.807) is 0 Å². The zero-order valence-electron chi connectivity index (χ0n) is 19.1. The average Bonchev–Trinajstić information content (AvgIpc) is 2.70. The van der Waals surface area contributed by atoms with E-state index in [4.69, 9.17) is 37.9 Å². The van der Waals surface area contributed by atoms with Gasteiger partial charge in [0.15, 0.2) is 0 Å². The SMILES string of the molecule is CC(=O)OCCOCCOCCOCCOCCOCCOCCOCCC(C)C. The van der Waals surface area contributed by atoms with Crippen LogP contribution >= 0.6 is 0 Å². The maximum atomic E-state index is 10.5. The molecular formula is C21H42O9. The van der Waals surface area contributed by atoms with Gasteiger partial charge in [-0.1, -0.05) is 13.8 Å². The molecule has 9 heteroatoms. The lowest BCUT2D eigenvalue weighted by molar-refractivity contribution is -0.142. The quantitative estimate of drug-likeness (QED) is 0.165. The Balaban J connectivity index is 3.01. The van der Waals surface area contributed by atoms with Crippen molar-refractivity contribution in [2.45, 2.75) is 27.2 Å². The second-order valence-corrected chi connectivity index (χ2v) is 6.81. The maximum absolute atomic E-state index is 10.5. The molecule has 180 valence electrons. The number of hydrogen-bond acceptors (Lipinski definition) is 9. The molecule has 0 rings (SSSR count). The second-order valence-electron chi connectivity index (χ2n) is 6.81. The van der Waals surface area contributed by atoms with Crippen molar-refractivity contribution < 1.29 is 42.7 Å². The van der Waals surface area contributed by atoms with E-state index in [9.17, 15) is 4.79 Å². The van der Waals surface area contributed by atoms with Gasteiger partial charge in [0.2, 0.25) is 0 Å². The minimum atomic E-state index is -0.303. The van der Waals surface area contributed by atoms with Crippen LogP contribution in [0, 0.1) is 5.92 Å². The Kier molecular flexibility index (Phi) is 23.8. The molecule has 0 saturated heterocycles. The van der Waals surface area contributed by atoms with Crippen molar-refractivity contribution in [1.29, 1.82) is 0 Å². The van der Waals surface area contributed by atoms with Gasteiger partial charge in [0.25, 0.3) is 0 Å². The first-order valence-electron chi connectivity index (χ1n) is 10.8. The van der Waals surface area contributed by atoms with E-state index in [1.165, 1.54) is 6.92 Å². The van der Waals surface area contributed by atoms with Gasteiger partial charge in [-0.25, -0.2) is 0 Å². The first kappa shape index (κ1) is 29.2.